The van der Waals surface area contributed by atoms with E-state index in [1.807, 2.05) is 0 Å². The molecule has 1 aromatic heterocycles. The molecule has 0 aliphatic carbocycles. The zero-order valence-electron chi connectivity index (χ0n) is 11.0. The molecular weight excluding hydrogens is 256 g/mol. The van der Waals surface area contributed by atoms with Gasteiger partial charge in [0.05, 0.1) is 25.2 Å². The number of hydrogen-bond donors (Lipinski definition) is 1. The highest BCUT2D eigenvalue weighted by atomic mass is 16.5. The minimum absolute atomic E-state index is 0.298. The molecule has 0 saturated heterocycles. The fraction of sp³-hybridized carbons (Fsp3) is 0.0667. The lowest BCUT2D eigenvalue weighted by atomic mass is 10.3. The van der Waals surface area contributed by atoms with Crippen molar-refractivity contribution in [2.24, 2.45) is 0 Å². The minimum atomic E-state index is -0.298. The maximum atomic E-state index is 11.2. The Morgan fingerprint density at radius 2 is 1.90 bits per heavy atom. The van der Waals surface area contributed by atoms with Crippen LogP contribution in [0.4, 0.5) is 5.69 Å². The number of nitrogens with one attached hydrogen (secondary N) is 1. The first kappa shape index (κ1) is 13.6. The number of amides is 1. The van der Waals surface area contributed by atoms with Crippen LogP contribution in [0.2, 0.25) is 0 Å². The molecule has 0 fully saturated rings. The van der Waals surface area contributed by atoms with Crippen LogP contribution in [-0.4, -0.2) is 18.0 Å². The quantitative estimate of drug-likeness (QED) is 0.848. The maximum absolute atomic E-state index is 11.2. The molecule has 0 atom stereocenters. The molecule has 0 bridgehead atoms. The Bertz CT molecular complexity index is 609. The molecule has 0 spiro atoms. The molecule has 20 heavy (non-hydrogen) atoms. The van der Waals surface area contributed by atoms with Crippen LogP contribution in [-0.2, 0) is 4.79 Å². The lowest BCUT2D eigenvalue weighted by Crippen LogP contribution is -2.07. The molecule has 102 valence electrons. The lowest BCUT2D eigenvalue weighted by Gasteiger charge is -2.08. The van der Waals surface area contributed by atoms with Gasteiger partial charge in [0.1, 0.15) is 17.2 Å². The number of methoxy groups -OCH3 is 1. The van der Waals surface area contributed by atoms with Crippen LogP contribution in [0.3, 0.4) is 0 Å². The maximum Gasteiger partial charge on any atom is 0.247 e. The van der Waals surface area contributed by atoms with Crippen molar-refractivity contribution in [3.8, 4) is 17.2 Å². The third-order valence-electron chi connectivity index (χ3n) is 2.46. The minimum Gasteiger partial charge on any atom is -0.497 e. The fourth-order valence-electron chi connectivity index (χ4n) is 1.52. The summed E-state index contributed by atoms with van der Waals surface area (Å²) < 4.78 is 10.7. The van der Waals surface area contributed by atoms with E-state index in [9.17, 15) is 4.79 Å². The Kier molecular flexibility index (Phi) is 4.34. The first-order valence-corrected chi connectivity index (χ1v) is 5.91. The van der Waals surface area contributed by atoms with Gasteiger partial charge in [-0.3, -0.25) is 9.78 Å². The van der Waals surface area contributed by atoms with Crippen molar-refractivity contribution in [2.75, 3.05) is 12.4 Å². The van der Waals surface area contributed by atoms with Gasteiger partial charge in [-0.25, -0.2) is 0 Å². The second kappa shape index (κ2) is 6.38. The summed E-state index contributed by atoms with van der Waals surface area (Å²) in [6.07, 6.45) is 4.28. The Morgan fingerprint density at radius 3 is 2.55 bits per heavy atom. The Balaban J connectivity index is 2.10. The molecule has 0 aliphatic heterocycles. The molecule has 2 rings (SSSR count). The predicted molar refractivity (Wildman–Crippen MR) is 76.1 cm³/mol. The van der Waals surface area contributed by atoms with Crippen LogP contribution in [0.15, 0.2) is 55.4 Å². The number of benzene rings is 1. The van der Waals surface area contributed by atoms with Crippen molar-refractivity contribution >= 4 is 11.6 Å². The molecule has 0 radical (unpaired) electrons. The normalized spacial score (nSPS) is 9.65. The average Bonchev–Trinajstić information content (AvgIpc) is 2.48. The van der Waals surface area contributed by atoms with E-state index in [1.165, 1.54) is 12.3 Å². The zero-order chi connectivity index (χ0) is 14.4. The highest BCUT2D eigenvalue weighted by Crippen LogP contribution is 2.24. The van der Waals surface area contributed by atoms with Crippen molar-refractivity contribution in [1.29, 1.82) is 0 Å². The zero-order valence-corrected chi connectivity index (χ0v) is 11.0. The molecular formula is C15H14N2O3. The summed E-state index contributed by atoms with van der Waals surface area (Å²) >= 11 is 0. The first-order valence-electron chi connectivity index (χ1n) is 5.91. The van der Waals surface area contributed by atoms with Crippen molar-refractivity contribution in [2.45, 2.75) is 0 Å². The van der Waals surface area contributed by atoms with Crippen LogP contribution in [0.25, 0.3) is 0 Å². The molecule has 5 heteroatoms. The smallest absolute Gasteiger partial charge is 0.247 e. The van der Waals surface area contributed by atoms with Gasteiger partial charge in [0.2, 0.25) is 5.91 Å². The van der Waals surface area contributed by atoms with Crippen LogP contribution in [0, 0.1) is 0 Å². The second-order valence-corrected chi connectivity index (χ2v) is 3.88. The van der Waals surface area contributed by atoms with E-state index >= 15 is 0 Å². The first-order chi connectivity index (χ1) is 9.71. The third-order valence-corrected chi connectivity index (χ3v) is 2.46. The van der Waals surface area contributed by atoms with E-state index in [4.69, 9.17) is 9.47 Å². The van der Waals surface area contributed by atoms with Gasteiger partial charge >= 0.3 is 0 Å². The number of carbonyl (C=O) groups is 1. The van der Waals surface area contributed by atoms with E-state index in [0.717, 1.165) is 5.75 Å². The summed E-state index contributed by atoms with van der Waals surface area (Å²) in [6, 6.07) is 8.85. The Labute approximate surface area is 116 Å². The summed E-state index contributed by atoms with van der Waals surface area (Å²) in [7, 11) is 1.60. The Morgan fingerprint density at radius 1 is 1.20 bits per heavy atom. The van der Waals surface area contributed by atoms with Gasteiger partial charge in [-0.1, -0.05) is 6.58 Å². The standard InChI is InChI=1S/C15H14N2O3/c1-3-15(18)17-11-8-14(10-16-9-11)20-13-6-4-12(19-2)5-7-13/h3-10H,1H2,2H3,(H,17,18). The third kappa shape index (κ3) is 3.58. The molecule has 0 aliphatic rings. The number of ether oxygens (including phenoxy) is 2. The number of anilines is 1. The summed E-state index contributed by atoms with van der Waals surface area (Å²) in [4.78, 5) is 15.2. The van der Waals surface area contributed by atoms with E-state index in [0.29, 0.717) is 17.2 Å². The van der Waals surface area contributed by atoms with Gasteiger partial charge < -0.3 is 14.8 Å². The average molecular weight is 270 g/mol. The number of pyridine rings is 1. The molecule has 1 heterocycles. The van der Waals surface area contributed by atoms with Crippen LogP contribution in [0.1, 0.15) is 0 Å². The van der Waals surface area contributed by atoms with Crippen molar-refractivity contribution < 1.29 is 14.3 Å². The van der Waals surface area contributed by atoms with Gasteiger partial charge in [-0.15, -0.1) is 0 Å². The van der Waals surface area contributed by atoms with E-state index in [2.05, 4.69) is 16.9 Å². The monoisotopic (exact) mass is 270 g/mol. The molecule has 5 nitrogen and oxygen atoms in total. The van der Waals surface area contributed by atoms with Crippen molar-refractivity contribution in [3.63, 3.8) is 0 Å². The molecule has 1 amide bonds. The van der Waals surface area contributed by atoms with Gasteiger partial charge in [-0.05, 0) is 30.3 Å². The summed E-state index contributed by atoms with van der Waals surface area (Å²) in [5, 5.41) is 2.62. The van der Waals surface area contributed by atoms with Gasteiger partial charge in [0, 0.05) is 6.07 Å². The van der Waals surface area contributed by atoms with E-state index < -0.39 is 0 Å². The molecule has 1 N–H and O–H groups in total. The number of rotatable bonds is 5. The molecule has 0 unspecified atom stereocenters. The SMILES string of the molecule is C=CC(=O)Nc1cncc(Oc2ccc(OC)cc2)c1. The van der Waals surface area contributed by atoms with E-state index in [1.54, 1.807) is 43.6 Å². The number of hydrogen-bond acceptors (Lipinski definition) is 4. The topological polar surface area (TPSA) is 60.5 Å². The van der Waals surface area contributed by atoms with Crippen LogP contribution in [0.5, 0.6) is 17.2 Å². The molecule has 1 aromatic carbocycles. The molecule has 2 aromatic rings. The summed E-state index contributed by atoms with van der Waals surface area (Å²) in [6.45, 7) is 3.39. The largest absolute Gasteiger partial charge is 0.497 e. The van der Waals surface area contributed by atoms with E-state index in [-0.39, 0.29) is 5.91 Å². The summed E-state index contributed by atoms with van der Waals surface area (Å²) in [5.74, 6) is 1.63. The van der Waals surface area contributed by atoms with Crippen molar-refractivity contribution in [1.82, 2.24) is 4.98 Å². The number of carbonyl (C=O) groups excluding carboxylic acids is 1. The highest BCUT2D eigenvalue weighted by Gasteiger charge is 2.02. The van der Waals surface area contributed by atoms with Crippen molar-refractivity contribution in [3.05, 3.63) is 55.4 Å². The summed E-state index contributed by atoms with van der Waals surface area (Å²) in [5.41, 5.74) is 0.543. The Hall–Kier alpha value is -2.82. The van der Waals surface area contributed by atoms with Gasteiger partial charge in [0.15, 0.2) is 0 Å². The number of nitrogens with zero attached hydrogens (tertiary/aromatic N) is 1. The van der Waals surface area contributed by atoms with Gasteiger partial charge in [0.25, 0.3) is 0 Å². The number of aromatic nitrogens is 1. The van der Waals surface area contributed by atoms with Crippen LogP contribution < -0.4 is 14.8 Å². The predicted octanol–water partition coefficient (Wildman–Crippen LogP) is 3.01. The lowest BCUT2D eigenvalue weighted by molar-refractivity contribution is -0.111. The van der Waals surface area contributed by atoms with Gasteiger partial charge in [-0.2, -0.15) is 0 Å². The second-order valence-electron chi connectivity index (χ2n) is 3.88. The molecule has 0 saturated carbocycles. The fourth-order valence-corrected chi connectivity index (χ4v) is 1.52. The van der Waals surface area contributed by atoms with Crippen LogP contribution >= 0.6 is 0 Å². The highest BCUT2D eigenvalue weighted by molar-refractivity contribution is 5.98.